The van der Waals surface area contributed by atoms with Gasteiger partial charge in [0, 0.05) is 50.2 Å². The fourth-order valence-corrected chi connectivity index (χ4v) is 4.98. The van der Waals surface area contributed by atoms with Gasteiger partial charge < -0.3 is 19.1 Å². The average molecular weight is 443 g/mol. The predicted molar refractivity (Wildman–Crippen MR) is 117 cm³/mol. The molecule has 0 unspecified atom stereocenters. The second kappa shape index (κ2) is 9.15. The maximum absolute atomic E-state index is 12.9. The number of hydrogen-bond acceptors (Lipinski definition) is 7. The standard InChI is InChI=1S/C22H26N4O4S/c1-4-17-23-18(30-24-17)9-10-19(27)26-11-12-29-15(13-26)20-14-7-5-6-8-16(14)31-21(20)22(28)25(2)3/h5-8,15H,4,9-13H2,1-3H3/t15-/m0/s1. The highest BCUT2D eigenvalue weighted by atomic mass is 32.1. The van der Waals surface area contributed by atoms with Gasteiger partial charge in [-0.05, 0) is 11.5 Å². The molecule has 1 atom stereocenters. The van der Waals surface area contributed by atoms with E-state index in [0.717, 1.165) is 15.6 Å². The third kappa shape index (κ3) is 4.47. The Morgan fingerprint density at radius 1 is 1.29 bits per heavy atom. The Morgan fingerprint density at radius 2 is 2.10 bits per heavy atom. The lowest BCUT2D eigenvalue weighted by Gasteiger charge is -2.33. The minimum Gasteiger partial charge on any atom is -0.370 e. The second-order valence-corrected chi connectivity index (χ2v) is 8.75. The summed E-state index contributed by atoms with van der Waals surface area (Å²) in [5.41, 5.74) is 0.876. The summed E-state index contributed by atoms with van der Waals surface area (Å²) in [4.78, 5) is 34.0. The number of aromatic nitrogens is 2. The number of thiophene rings is 1. The van der Waals surface area contributed by atoms with Crippen LogP contribution in [0, 0.1) is 0 Å². The van der Waals surface area contributed by atoms with E-state index in [1.54, 1.807) is 19.0 Å². The molecule has 0 spiro atoms. The summed E-state index contributed by atoms with van der Waals surface area (Å²) in [6, 6.07) is 7.95. The molecule has 1 saturated heterocycles. The minimum absolute atomic E-state index is 0.0181. The number of benzene rings is 1. The third-order valence-corrected chi connectivity index (χ3v) is 6.53. The summed E-state index contributed by atoms with van der Waals surface area (Å²) >= 11 is 1.47. The van der Waals surface area contributed by atoms with Gasteiger partial charge in [-0.1, -0.05) is 30.3 Å². The number of hydrogen-bond donors (Lipinski definition) is 0. The number of morpholine rings is 1. The maximum atomic E-state index is 12.9. The van der Waals surface area contributed by atoms with Crippen LogP contribution in [0.25, 0.3) is 10.1 Å². The van der Waals surface area contributed by atoms with Gasteiger partial charge in [-0.15, -0.1) is 11.3 Å². The largest absolute Gasteiger partial charge is 0.370 e. The van der Waals surface area contributed by atoms with E-state index < -0.39 is 0 Å². The van der Waals surface area contributed by atoms with Crippen molar-refractivity contribution < 1.29 is 18.8 Å². The topological polar surface area (TPSA) is 88.8 Å². The SMILES string of the molecule is CCc1noc(CCC(=O)N2CCO[C@H](c3c(C(=O)N(C)C)sc4ccccc34)C2)n1. The van der Waals surface area contributed by atoms with Crippen LogP contribution in [0.5, 0.6) is 0 Å². The molecule has 1 aliphatic rings. The van der Waals surface area contributed by atoms with E-state index in [-0.39, 0.29) is 17.9 Å². The average Bonchev–Trinajstić information content (AvgIpc) is 3.41. The highest BCUT2D eigenvalue weighted by Gasteiger charge is 2.31. The highest BCUT2D eigenvalue weighted by Crippen LogP contribution is 2.38. The van der Waals surface area contributed by atoms with Gasteiger partial charge in [-0.2, -0.15) is 4.98 Å². The monoisotopic (exact) mass is 442 g/mol. The van der Waals surface area contributed by atoms with Crippen LogP contribution in [0.1, 0.15) is 46.4 Å². The molecule has 31 heavy (non-hydrogen) atoms. The first-order valence-corrected chi connectivity index (χ1v) is 11.2. The number of nitrogens with zero attached hydrogens (tertiary/aromatic N) is 4. The number of rotatable bonds is 6. The van der Waals surface area contributed by atoms with Crippen molar-refractivity contribution >= 4 is 33.2 Å². The molecule has 4 rings (SSSR count). The van der Waals surface area contributed by atoms with Gasteiger partial charge in [0.15, 0.2) is 5.82 Å². The summed E-state index contributed by atoms with van der Waals surface area (Å²) in [6.45, 7) is 3.32. The molecule has 1 fully saturated rings. The molecule has 0 N–H and O–H groups in total. The Kier molecular flexibility index (Phi) is 6.33. The zero-order chi connectivity index (χ0) is 22.0. The van der Waals surface area contributed by atoms with Crippen molar-refractivity contribution in [3.8, 4) is 0 Å². The number of carbonyl (C=O) groups is 2. The molecule has 9 heteroatoms. The molecule has 2 amide bonds. The first-order chi connectivity index (χ1) is 15.0. The molecule has 1 aromatic carbocycles. The van der Waals surface area contributed by atoms with Crippen LogP contribution in [-0.2, 0) is 22.4 Å². The normalized spacial score (nSPS) is 16.6. The molecular weight excluding hydrogens is 416 g/mol. The Hall–Kier alpha value is -2.78. The van der Waals surface area contributed by atoms with Crippen molar-refractivity contribution in [3.63, 3.8) is 0 Å². The van der Waals surface area contributed by atoms with E-state index >= 15 is 0 Å². The Morgan fingerprint density at radius 3 is 2.84 bits per heavy atom. The van der Waals surface area contributed by atoms with Crippen LogP contribution in [0.15, 0.2) is 28.8 Å². The van der Waals surface area contributed by atoms with Gasteiger partial charge in [0.05, 0.1) is 18.0 Å². The van der Waals surface area contributed by atoms with Crippen LogP contribution >= 0.6 is 11.3 Å². The van der Waals surface area contributed by atoms with Crippen LogP contribution in [0.3, 0.4) is 0 Å². The minimum atomic E-state index is -0.345. The molecule has 0 saturated carbocycles. The van der Waals surface area contributed by atoms with E-state index in [2.05, 4.69) is 10.1 Å². The molecule has 164 valence electrons. The summed E-state index contributed by atoms with van der Waals surface area (Å²) in [5.74, 6) is 1.10. The first-order valence-electron chi connectivity index (χ1n) is 10.4. The van der Waals surface area contributed by atoms with Gasteiger partial charge in [0.25, 0.3) is 5.91 Å². The summed E-state index contributed by atoms with van der Waals surface area (Å²) in [6.07, 6.45) is 1.07. The lowest BCUT2D eigenvalue weighted by atomic mass is 10.0. The molecular formula is C22H26N4O4S. The Balaban J connectivity index is 1.53. The molecule has 0 bridgehead atoms. The quantitative estimate of drug-likeness (QED) is 0.583. The number of amides is 2. The van der Waals surface area contributed by atoms with E-state index in [0.29, 0.717) is 55.6 Å². The van der Waals surface area contributed by atoms with Crippen LogP contribution in [0.2, 0.25) is 0 Å². The number of carbonyl (C=O) groups excluding carboxylic acids is 2. The number of aryl methyl sites for hydroxylation is 2. The van der Waals surface area contributed by atoms with E-state index in [9.17, 15) is 9.59 Å². The van der Waals surface area contributed by atoms with Gasteiger partial charge in [-0.25, -0.2) is 0 Å². The molecule has 3 aromatic rings. The van der Waals surface area contributed by atoms with Crippen LogP contribution < -0.4 is 0 Å². The van der Waals surface area contributed by atoms with E-state index in [1.165, 1.54) is 11.3 Å². The fourth-order valence-electron chi connectivity index (χ4n) is 3.70. The third-order valence-electron chi connectivity index (χ3n) is 5.35. The van der Waals surface area contributed by atoms with Crippen molar-refractivity contribution in [3.05, 3.63) is 46.4 Å². The molecule has 0 radical (unpaired) electrons. The molecule has 0 aliphatic carbocycles. The smallest absolute Gasteiger partial charge is 0.263 e. The Labute approximate surface area is 184 Å². The molecule has 1 aliphatic heterocycles. The summed E-state index contributed by atoms with van der Waals surface area (Å²) < 4.78 is 12.3. The van der Waals surface area contributed by atoms with E-state index in [1.807, 2.05) is 36.1 Å². The van der Waals surface area contributed by atoms with Crippen molar-refractivity contribution in [2.24, 2.45) is 0 Å². The second-order valence-electron chi connectivity index (χ2n) is 7.70. The van der Waals surface area contributed by atoms with Gasteiger partial charge in [0.2, 0.25) is 11.8 Å². The van der Waals surface area contributed by atoms with Crippen LogP contribution in [0.4, 0.5) is 0 Å². The Bertz CT molecular complexity index is 1090. The lowest BCUT2D eigenvalue weighted by molar-refractivity contribution is -0.139. The zero-order valence-electron chi connectivity index (χ0n) is 18.0. The first kappa shape index (κ1) is 21.5. The molecule has 3 heterocycles. The van der Waals surface area contributed by atoms with Gasteiger partial charge >= 0.3 is 0 Å². The highest BCUT2D eigenvalue weighted by molar-refractivity contribution is 7.21. The van der Waals surface area contributed by atoms with E-state index in [4.69, 9.17) is 9.26 Å². The van der Waals surface area contributed by atoms with Crippen LogP contribution in [-0.4, -0.2) is 65.5 Å². The zero-order valence-corrected chi connectivity index (χ0v) is 18.8. The van der Waals surface area contributed by atoms with Crippen molar-refractivity contribution in [2.75, 3.05) is 33.8 Å². The van der Waals surface area contributed by atoms with Gasteiger partial charge in [-0.3, -0.25) is 9.59 Å². The van der Waals surface area contributed by atoms with Crippen molar-refractivity contribution in [1.82, 2.24) is 19.9 Å². The molecule has 8 nitrogen and oxygen atoms in total. The number of ether oxygens (including phenoxy) is 1. The number of fused-ring (bicyclic) bond motifs is 1. The fraction of sp³-hybridized carbons (Fsp3) is 0.455. The van der Waals surface area contributed by atoms with Crippen molar-refractivity contribution in [2.45, 2.75) is 32.3 Å². The summed E-state index contributed by atoms with van der Waals surface area (Å²) in [5, 5.41) is 4.88. The van der Waals surface area contributed by atoms with Crippen molar-refractivity contribution in [1.29, 1.82) is 0 Å². The molecule has 2 aromatic heterocycles. The lowest BCUT2D eigenvalue weighted by Crippen LogP contribution is -2.42. The predicted octanol–water partition coefficient (Wildman–Crippen LogP) is 3.08. The van der Waals surface area contributed by atoms with Gasteiger partial charge in [0.1, 0.15) is 6.10 Å². The maximum Gasteiger partial charge on any atom is 0.263 e. The summed E-state index contributed by atoms with van der Waals surface area (Å²) in [7, 11) is 3.49.